The van der Waals surface area contributed by atoms with Crippen LogP contribution >= 0.6 is 0 Å². The molecule has 0 spiro atoms. The van der Waals surface area contributed by atoms with Crippen molar-refractivity contribution in [1.29, 1.82) is 0 Å². The molecule has 0 atom stereocenters. The van der Waals surface area contributed by atoms with Crippen molar-refractivity contribution in [2.24, 2.45) is 0 Å². The van der Waals surface area contributed by atoms with Gasteiger partial charge in [0.25, 0.3) is 0 Å². The van der Waals surface area contributed by atoms with Crippen LogP contribution in [0.4, 0.5) is 0 Å². The van der Waals surface area contributed by atoms with Crippen LogP contribution in [0.3, 0.4) is 0 Å². The summed E-state index contributed by atoms with van der Waals surface area (Å²) in [5, 5.41) is 0.316. The SMILES string of the molecule is O[Si](O)(O[Si](O)(O)c1ccccc1)c1ccccc1. The lowest BCUT2D eigenvalue weighted by molar-refractivity contribution is 0.179. The van der Waals surface area contributed by atoms with E-state index < -0.39 is 17.6 Å². The summed E-state index contributed by atoms with van der Waals surface area (Å²) in [6, 6.07) is 15.8. The maximum absolute atomic E-state index is 9.97. The minimum absolute atomic E-state index is 0.158. The molecule has 0 saturated heterocycles. The molecule has 2 aromatic carbocycles. The van der Waals surface area contributed by atoms with Crippen LogP contribution < -0.4 is 10.4 Å². The molecule has 0 aliphatic rings. The minimum atomic E-state index is -4.34. The van der Waals surface area contributed by atoms with E-state index in [2.05, 4.69) is 0 Å². The van der Waals surface area contributed by atoms with Gasteiger partial charge in [0, 0.05) is 10.4 Å². The van der Waals surface area contributed by atoms with Crippen LogP contribution in [0.25, 0.3) is 0 Å². The van der Waals surface area contributed by atoms with Gasteiger partial charge in [0.2, 0.25) is 0 Å². The number of rotatable bonds is 4. The summed E-state index contributed by atoms with van der Waals surface area (Å²) < 4.78 is 4.90. The van der Waals surface area contributed by atoms with E-state index in [1.807, 2.05) is 0 Å². The van der Waals surface area contributed by atoms with Gasteiger partial charge in [-0.2, -0.15) is 0 Å². The molecule has 7 heteroatoms. The van der Waals surface area contributed by atoms with E-state index in [1.54, 1.807) is 36.4 Å². The Bertz CT molecular complexity index is 481. The monoisotopic (exact) mass is 294 g/mol. The zero-order valence-electron chi connectivity index (χ0n) is 9.97. The summed E-state index contributed by atoms with van der Waals surface area (Å²) in [6.07, 6.45) is 0. The molecular weight excluding hydrogens is 280 g/mol. The highest BCUT2D eigenvalue weighted by molar-refractivity contribution is 6.85. The lowest BCUT2D eigenvalue weighted by atomic mass is 10.4. The fourth-order valence-electron chi connectivity index (χ4n) is 1.63. The Morgan fingerprint density at radius 3 is 1.21 bits per heavy atom. The van der Waals surface area contributed by atoms with Gasteiger partial charge in [0.1, 0.15) is 0 Å². The van der Waals surface area contributed by atoms with Gasteiger partial charge in [0.15, 0.2) is 0 Å². The molecule has 19 heavy (non-hydrogen) atoms. The summed E-state index contributed by atoms with van der Waals surface area (Å²) >= 11 is 0. The molecule has 0 unspecified atom stereocenters. The summed E-state index contributed by atoms with van der Waals surface area (Å²) in [4.78, 5) is 39.9. The van der Waals surface area contributed by atoms with E-state index >= 15 is 0 Å². The van der Waals surface area contributed by atoms with Crippen molar-refractivity contribution in [3.05, 3.63) is 60.7 Å². The van der Waals surface area contributed by atoms with Gasteiger partial charge in [0.05, 0.1) is 0 Å². The molecule has 0 heterocycles. The second-order valence-corrected chi connectivity index (χ2v) is 8.45. The Balaban J connectivity index is 2.25. The Morgan fingerprint density at radius 1 is 0.579 bits per heavy atom. The fraction of sp³-hybridized carbons (Fsp3) is 0. The standard InChI is InChI=1S/C12H14O5Si2/c13-18(14,11-7-3-1-4-8-11)17-19(15,16)12-9-5-2-6-10-12/h1-10,13-16H. The van der Waals surface area contributed by atoms with Gasteiger partial charge in [-0.25, -0.2) is 0 Å². The van der Waals surface area contributed by atoms with Gasteiger partial charge < -0.3 is 23.3 Å². The quantitative estimate of drug-likeness (QED) is 0.524. The second-order valence-electron chi connectivity index (χ2n) is 4.05. The van der Waals surface area contributed by atoms with E-state index in [9.17, 15) is 19.2 Å². The molecule has 2 aromatic rings. The molecule has 0 fully saturated rings. The van der Waals surface area contributed by atoms with Gasteiger partial charge in [-0.3, -0.25) is 0 Å². The summed E-state index contributed by atoms with van der Waals surface area (Å²) in [6.45, 7) is 0. The molecule has 0 saturated carbocycles. The fourth-order valence-corrected chi connectivity index (χ4v) is 5.41. The van der Waals surface area contributed by atoms with E-state index in [0.717, 1.165) is 0 Å². The van der Waals surface area contributed by atoms with Gasteiger partial charge in [-0.1, -0.05) is 60.7 Å². The average Bonchev–Trinajstić information content (AvgIpc) is 2.40. The van der Waals surface area contributed by atoms with Crippen molar-refractivity contribution in [2.75, 3.05) is 0 Å². The van der Waals surface area contributed by atoms with E-state index in [4.69, 9.17) is 4.12 Å². The van der Waals surface area contributed by atoms with Crippen LogP contribution in [0.5, 0.6) is 0 Å². The van der Waals surface area contributed by atoms with Crippen molar-refractivity contribution < 1.29 is 23.3 Å². The maximum atomic E-state index is 9.97. The average molecular weight is 294 g/mol. The van der Waals surface area contributed by atoms with Crippen molar-refractivity contribution in [1.82, 2.24) is 0 Å². The Morgan fingerprint density at radius 2 is 0.895 bits per heavy atom. The molecule has 4 N–H and O–H groups in total. The van der Waals surface area contributed by atoms with Crippen LogP contribution in [0.2, 0.25) is 0 Å². The third kappa shape index (κ3) is 3.36. The Labute approximate surface area is 112 Å². The van der Waals surface area contributed by atoms with Crippen molar-refractivity contribution in [2.45, 2.75) is 0 Å². The Kier molecular flexibility index (Phi) is 3.97. The van der Waals surface area contributed by atoms with Crippen molar-refractivity contribution in [3.63, 3.8) is 0 Å². The Hall–Kier alpha value is -1.33. The van der Waals surface area contributed by atoms with E-state index in [1.165, 1.54) is 24.3 Å². The van der Waals surface area contributed by atoms with Crippen LogP contribution in [0.1, 0.15) is 0 Å². The van der Waals surface area contributed by atoms with Crippen LogP contribution in [-0.2, 0) is 4.12 Å². The third-order valence-electron chi connectivity index (χ3n) is 2.58. The molecule has 0 radical (unpaired) electrons. The third-order valence-corrected chi connectivity index (χ3v) is 7.03. The molecule has 2 rings (SSSR count). The lowest BCUT2D eigenvalue weighted by Gasteiger charge is -2.25. The molecule has 0 aliphatic carbocycles. The molecule has 0 aromatic heterocycles. The number of hydrogen-bond acceptors (Lipinski definition) is 5. The molecule has 0 amide bonds. The molecular formula is C12H14O5Si2. The minimum Gasteiger partial charge on any atom is -0.387 e. The van der Waals surface area contributed by atoms with Crippen LogP contribution in [0, 0.1) is 0 Å². The van der Waals surface area contributed by atoms with E-state index in [0.29, 0.717) is 0 Å². The van der Waals surface area contributed by atoms with Crippen molar-refractivity contribution in [3.8, 4) is 0 Å². The smallest absolute Gasteiger partial charge is 0.387 e. The van der Waals surface area contributed by atoms with Gasteiger partial charge >= 0.3 is 17.6 Å². The first kappa shape index (κ1) is 14.1. The summed E-state index contributed by atoms with van der Waals surface area (Å²) in [5.41, 5.74) is 0. The molecule has 0 aliphatic heterocycles. The normalized spacial score (nSPS) is 12.4. The van der Waals surface area contributed by atoms with Crippen LogP contribution in [0.15, 0.2) is 60.7 Å². The van der Waals surface area contributed by atoms with Gasteiger partial charge in [-0.05, 0) is 0 Å². The first-order valence-electron chi connectivity index (χ1n) is 5.62. The number of benzene rings is 2. The predicted molar refractivity (Wildman–Crippen MR) is 73.6 cm³/mol. The molecule has 100 valence electrons. The first-order chi connectivity index (χ1) is 8.92. The molecule has 0 bridgehead atoms. The second kappa shape index (κ2) is 5.35. The lowest BCUT2D eigenvalue weighted by Crippen LogP contribution is -2.64. The number of hydrogen-bond donors (Lipinski definition) is 4. The zero-order valence-corrected chi connectivity index (χ0v) is 12.0. The summed E-state index contributed by atoms with van der Waals surface area (Å²) in [7, 11) is -8.67. The first-order valence-corrected chi connectivity index (χ1v) is 9.23. The van der Waals surface area contributed by atoms with E-state index in [-0.39, 0.29) is 10.4 Å². The predicted octanol–water partition coefficient (Wildman–Crippen LogP) is -1.34. The zero-order chi connectivity index (χ0) is 13.9. The summed E-state index contributed by atoms with van der Waals surface area (Å²) in [5.74, 6) is 0. The highest BCUT2D eigenvalue weighted by Crippen LogP contribution is 2.06. The van der Waals surface area contributed by atoms with Crippen molar-refractivity contribution >= 4 is 28.0 Å². The highest BCUT2D eigenvalue weighted by atomic mass is 28.5. The maximum Gasteiger partial charge on any atom is 0.524 e. The topological polar surface area (TPSA) is 90.2 Å². The van der Waals surface area contributed by atoms with Gasteiger partial charge in [-0.15, -0.1) is 0 Å². The largest absolute Gasteiger partial charge is 0.524 e. The molecule has 5 nitrogen and oxygen atoms in total. The highest BCUT2D eigenvalue weighted by Gasteiger charge is 2.48. The van der Waals surface area contributed by atoms with Crippen LogP contribution in [-0.4, -0.2) is 36.8 Å².